The Hall–Kier alpha value is -2.21. The summed E-state index contributed by atoms with van der Waals surface area (Å²) in [7, 11) is 1.89. The summed E-state index contributed by atoms with van der Waals surface area (Å²) in [5.74, 6) is -0.390. The van der Waals surface area contributed by atoms with Crippen molar-refractivity contribution in [1.29, 1.82) is 0 Å². The van der Waals surface area contributed by atoms with Gasteiger partial charge in [-0.1, -0.05) is 41.9 Å². The van der Waals surface area contributed by atoms with Crippen LogP contribution in [0.2, 0.25) is 5.02 Å². The van der Waals surface area contributed by atoms with Crippen molar-refractivity contribution in [1.82, 2.24) is 10.2 Å². The SMILES string of the molecule is CN(CC(=O)N[C@H](c1ccc(F)cc1)c1cccs1)Cc1cccc(Cl)c1. The number of hydrogen-bond donors (Lipinski definition) is 1. The number of halogens is 2. The van der Waals surface area contributed by atoms with Crippen molar-refractivity contribution >= 4 is 28.8 Å². The molecule has 0 bridgehead atoms. The van der Waals surface area contributed by atoms with Crippen LogP contribution < -0.4 is 5.32 Å². The van der Waals surface area contributed by atoms with Gasteiger partial charge in [0.1, 0.15) is 5.82 Å². The van der Waals surface area contributed by atoms with Crippen molar-refractivity contribution in [2.45, 2.75) is 12.6 Å². The van der Waals surface area contributed by atoms with E-state index in [9.17, 15) is 9.18 Å². The number of likely N-dealkylation sites (N-methyl/N-ethyl adjacent to an activating group) is 1. The van der Waals surface area contributed by atoms with Crippen molar-refractivity contribution < 1.29 is 9.18 Å². The number of carbonyl (C=O) groups is 1. The molecule has 1 N–H and O–H groups in total. The molecule has 0 saturated heterocycles. The van der Waals surface area contributed by atoms with E-state index in [1.165, 1.54) is 12.1 Å². The standard InChI is InChI=1S/C21H20ClFN2OS/c1-25(13-15-4-2-5-17(22)12-15)14-20(26)24-21(19-6-3-11-27-19)16-7-9-18(23)10-8-16/h2-12,21H,13-14H2,1H3,(H,24,26)/t21-/m1/s1. The van der Waals surface area contributed by atoms with Crippen LogP contribution in [-0.4, -0.2) is 24.4 Å². The Morgan fingerprint density at radius 2 is 1.96 bits per heavy atom. The Kier molecular flexibility index (Phi) is 6.61. The highest BCUT2D eigenvalue weighted by molar-refractivity contribution is 7.10. The van der Waals surface area contributed by atoms with Gasteiger partial charge in [-0.2, -0.15) is 0 Å². The van der Waals surface area contributed by atoms with E-state index in [1.807, 2.05) is 53.7 Å². The lowest BCUT2D eigenvalue weighted by Gasteiger charge is -2.21. The molecular weight excluding hydrogens is 383 g/mol. The van der Waals surface area contributed by atoms with Crippen molar-refractivity contribution in [3.05, 3.63) is 92.9 Å². The third-order valence-corrected chi connectivity index (χ3v) is 5.26. The number of carbonyl (C=O) groups excluding carboxylic acids is 1. The summed E-state index contributed by atoms with van der Waals surface area (Å²) in [6, 6.07) is 17.4. The van der Waals surface area contributed by atoms with Crippen LogP contribution in [0.25, 0.3) is 0 Å². The number of nitrogens with one attached hydrogen (secondary N) is 1. The average molecular weight is 403 g/mol. The molecular formula is C21H20ClFN2OS. The maximum absolute atomic E-state index is 13.3. The molecule has 0 radical (unpaired) electrons. The molecule has 0 aliphatic rings. The zero-order chi connectivity index (χ0) is 19.2. The predicted molar refractivity (Wildman–Crippen MR) is 108 cm³/mol. The van der Waals surface area contributed by atoms with Gasteiger partial charge < -0.3 is 5.32 Å². The molecule has 27 heavy (non-hydrogen) atoms. The average Bonchev–Trinajstić information content (AvgIpc) is 3.15. The largest absolute Gasteiger partial charge is 0.343 e. The lowest BCUT2D eigenvalue weighted by molar-refractivity contribution is -0.122. The summed E-state index contributed by atoms with van der Waals surface area (Å²) in [6.07, 6.45) is 0. The minimum absolute atomic E-state index is 0.0951. The number of rotatable bonds is 7. The number of nitrogens with zero attached hydrogens (tertiary/aromatic N) is 1. The molecule has 2 aromatic carbocycles. The fourth-order valence-electron chi connectivity index (χ4n) is 2.88. The minimum Gasteiger partial charge on any atom is -0.343 e. The Morgan fingerprint density at radius 3 is 2.63 bits per heavy atom. The molecule has 1 atom stereocenters. The van der Waals surface area contributed by atoms with Crippen LogP contribution in [0.5, 0.6) is 0 Å². The molecule has 0 unspecified atom stereocenters. The van der Waals surface area contributed by atoms with Crippen LogP contribution in [0.3, 0.4) is 0 Å². The van der Waals surface area contributed by atoms with Crippen molar-refractivity contribution in [2.24, 2.45) is 0 Å². The Bertz CT molecular complexity index is 883. The maximum atomic E-state index is 13.3. The monoisotopic (exact) mass is 402 g/mol. The number of thiophene rings is 1. The van der Waals surface area contributed by atoms with Crippen molar-refractivity contribution in [2.75, 3.05) is 13.6 Å². The lowest BCUT2D eigenvalue weighted by atomic mass is 10.1. The molecule has 0 saturated carbocycles. The van der Waals surface area contributed by atoms with E-state index in [-0.39, 0.29) is 24.3 Å². The van der Waals surface area contributed by atoms with Gasteiger partial charge in [0.25, 0.3) is 0 Å². The molecule has 3 nitrogen and oxygen atoms in total. The van der Waals surface area contributed by atoms with E-state index in [2.05, 4.69) is 5.32 Å². The fraction of sp³-hybridized carbons (Fsp3) is 0.190. The highest BCUT2D eigenvalue weighted by Crippen LogP contribution is 2.26. The zero-order valence-electron chi connectivity index (χ0n) is 14.9. The Balaban J connectivity index is 1.66. The summed E-state index contributed by atoms with van der Waals surface area (Å²) in [5, 5.41) is 5.71. The Morgan fingerprint density at radius 1 is 1.19 bits per heavy atom. The molecule has 1 amide bonds. The molecule has 1 aromatic heterocycles. The molecule has 1 heterocycles. The summed E-state index contributed by atoms with van der Waals surface area (Å²) in [6.45, 7) is 0.865. The van der Waals surface area contributed by atoms with E-state index in [0.29, 0.717) is 11.6 Å². The quantitative estimate of drug-likeness (QED) is 0.611. The van der Waals surface area contributed by atoms with Crippen LogP contribution in [0.15, 0.2) is 66.0 Å². The third-order valence-electron chi connectivity index (χ3n) is 4.09. The van der Waals surface area contributed by atoms with E-state index in [1.54, 1.807) is 23.5 Å². The first-order valence-corrected chi connectivity index (χ1v) is 9.78. The molecule has 3 rings (SSSR count). The number of amides is 1. The molecule has 0 spiro atoms. The summed E-state index contributed by atoms with van der Waals surface area (Å²) >= 11 is 7.57. The molecule has 0 aliphatic heterocycles. The first-order valence-electron chi connectivity index (χ1n) is 8.52. The van der Waals surface area contributed by atoms with Crippen LogP contribution in [0.1, 0.15) is 22.0 Å². The van der Waals surface area contributed by atoms with Gasteiger partial charge in [0, 0.05) is 16.4 Å². The normalized spacial score (nSPS) is 12.1. The van der Waals surface area contributed by atoms with Crippen LogP contribution in [-0.2, 0) is 11.3 Å². The van der Waals surface area contributed by atoms with Gasteiger partial charge in [0.15, 0.2) is 0 Å². The predicted octanol–water partition coefficient (Wildman–Crippen LogP) is 4.88. The van der Waals surface area contributed by atoms with Crippen LogP contribution in [0.4, 0.5) is 4.39 Å². The first kappa shape index (κ1) is 19.5. The highest BCUT2D eigenvalue weighted by Gasteiger charge is 2.19. The summed E-state index contributed by atoms with van der Waals surface area (Å²) in [5.41, 5.74) is 1.90. The van der Waals surface area contributed by atoms with Crippen molar-refractivity contribution in [3.8, 4) is 0 Å². The second-order valence-electron chi connectivity index (χ2n) is 6.37. The molecule has 0 aliphatic carbocycles. The third kappa shape index (κ3) is 5.63. The van der Waals surface area contributed by atoms with Gasteiger partial charge in [-0.3, -0.25) is 9.69 Å². The zero-order valence-corrected chi connectivity index (χ0v) is 16.4. The van der Waals surface area contributed by atoms with Gasteiger partial charge in [-0.25, -0.2) is 4.39 Å². The molecule has 3 aromatic rings. The fourth-order valence-corrected chi connectivity index (χ4v) is 3.90. The van der Waals surface area contributed by atoms with Crippen LogP contribution >= 0.6 is 22.9 Å². The molecule has 0 fully saturated rings. The first-order chi connectivity index (χ1) is 13.0. The van der Waals surface area contributed by atoms with E-state index in [4.69, 9.17) is 11.6 Å². The van der Waals surface area contributed by atoms with Gasteiger partial charge in [-0.05, 0) is 53.9 Å². The minimum atomic E-state index is -0.295. The topological polar surface area (TPSA) is 32.3 Å². The highest BCUT2D eigenvalue weighted by atomic mass is 35.5. The number of hydrogen-bond acceptors (Lipinski definition) is 3. The van der Waals surface area contributed by atoms with Gasteiger partial charge in [0.2, 0.25) is 5.91 Å². The second kappa shape index (κ2) is 9.13. The van der Waals surface area contributed by atoms with Gasteiger partial charge in [0.05, 0.1) is 12.6 Å². The van der Waals surface area contributed by atoms with Crippen molar-refractivity contribution in [3.63, 3.8) is 0 Å². The van der Waals surface area contributed by atoms with Gasteiger partial charge >= 0.3 is 0 Å². The smallest absolute Gasteiger partial charge is 0.234 e. The van der Waals surface area contributed by atoms with Crippen LogP contribution in [0, 0.1) is 5.82 Å². The summed E-state index contributed by atoms with van der Waals surface area (Å²) in [4.78, 5) is 15.5. The van der Waals surface area contributed by atoms with E-state index >= 15 is 0 Å². The van der Waals surface area contributed by atoms with E-state index < -0.39 is 0 Å². The molecule has 6 heteroatoms. The second-order valence-corrected chi connectivity index (χ2v) is 7.79. The molecule has 140 valence electrons. The number of benzene rings is 2. The van der Waals surface area contributed by atoms with E-state index in [0.717, 1.165) is 16.0 Å². The lowest BCUT2D eigenvalue weighted by Crippen LogP contribution is -2.37. The summed E-state index contributed by atoms with van der Waals surface area (Å²) < 4.78 is 13.3. The Labute approximate surface area is 167 Å². The maximum Gasteiger partial charge on any atom is 0.234 e. The van der Waals surface area contributed by atoms with Gasteiger partial charge in [-0.15, -0.1) is 11.3 Å².